The van der Waals surface area contributed by atoms with Crippen molar-refractivity contribution in [3.8, 4) is 11.4 Å². The Morgan fingerprint density at radius 1 is 1.00 bits per heavy atom. The molecule has 4 rings (SSSR count). The summed E-state index contributed by atoms with van der Waals surface area (Å²) >= 11 is 0. The number of benzene rings is 2. The SMILES string of the molecule is CCOC(=O)c1cn(-c2ccc(OCC)c(F)c2)c2c(F)c(N3CCN(C)CC3)c(F)cc2c1=O. The predicted octanol–water partition coefficient (Wildman–Crippen LogP) is 3.74. The molecule has 0 amide bonds. The smallest absolute Gasteiger partial charge is 0.343 e. The normalized spacial score (nSPS) is 14.4. The molecular formula is C25H26F3N3O4. The van der Waals surface area contributed by atoms with Crippen molar-refractivity contribution in [2.24, 2.45) is 0 Å². The number of hydrogen-bond acceptors (Lipinski definition) is 6. The molecule has 0 N–H and O–H groups in total. The van der Waals surface area contributed by atoms with Gasteiger partial charge in [-0.15, -0.1) is 0 Å². The molecule has 1 aromatic heterocycles. The number of ether oxygens (including phenoxy) is 2. The van der Waals surface area contributed by atoms with Crippen molar-refractivity contribution in [1.82, 2.24) is 9.47 Å². The summed E-state index contributed by atoms with van der Waals surface area (Å²) in [5.41, 5.74) is -1.70. The van der Waals surface area contributed by atoms with Gasteiger partial charge in [0.25, 0.3) is 0 Å². The second kappa shape index (κ2) is 9.99. The first-order valence-electron chi connectivity index (χ1n) is 11.4. The number of hydrogen-bond donors (Lipinski definition) is 0. The summed E-state index contributed by atoms with van der Waals surface area (Å²) in [5.74, 6) is -3.54. The summed E-state index contributed by atoms with van der Waals surface area (Å²) in [6.07, 6.45) is 1.10. The lowest BCUT2D eigenvalue weighted by molar-refractivity contribution is 0.0524. The molecule has 0 atom stereocenters. The van der Waals surface area contributed by atoms with Crippen LogP contribution in [0.25, 0.3) is 16.6 Å². The average Bonchev–Trinajstić information content (AvgIpc) is 2.82. The molecule has 35 heavy (non-hydrogen) atoms. The maximum absolute atomic E-state index is 16.0. The first kappa shape index (κ1) is 24.6. The van der Waals surface area contributed by atoms with Crippen molar-refractivity contribution in [1.29, 1.82) is 0 Å². The first-order chi connectivity index (χ1) is 16.8. The molecule has 10 heteroatoms. The van der Waals surface area contributed by atoms with E-state index >= 15 is 8.78 Å². The zero-order valence-electron chi connectivity index (χ0n) is 19.7. The van der Waals surface area contributed by atoms with Gasteiger partial charge in [0.1, 0.15) is 17.1 Å². The highest BCUT2D eigenvalue weighted by molar-refractivity contribution is 5.95. The highest BCUT2D eigenvalue weighted by Gasteiger charge is 2.27. The number of anilines is 1. The van der Waals surface area contributed by atoms with Crippen molar-refractivity contribution in [3.63, 3.8) is 0 Å². The summed E-state index contributed by atoms with van der Waals surface area (Å²) < 4.78 is 57.3. The first-order valence-corrected chi connectivity index (χ1v) is 11.4. The average molecular weight is 489 g/mol. The van der Waals surface area contributed by atoms with Crippen LogP contribution in [0.1, 0.15) is 24.2 Å². The number of carbonyl (C=O) groups is 1. The maximum atomic E-state index is 16.0. The van der Waals surface area contributed by atoms with Crippen LogP contribution in [-0.4, -0.2) is 61.9 Å². The number of fused-ring (bicyclic) bond motifs is 1. The van der Waals surface area contributed by atoms with Gasteiger partial charge in [-0.3, -0.25) is 4.79 Å². The van der Waals surface area contributed by atoms with Gasteiger partial charge in [-0.2, -0.15) is 0 Å². The van der Waals surface area contributed by atoms with Gasteiger partial charge in [0.2, 0.25) is 5.43 Å². The number of pyridine rings is 1. The van der Waals surface area contributed by atoms with Crippen LogP contribution in [0, 0.1) is 17.5 Å². The van der Waals surface area contributed by atoms with Gasteiger partial charge in [-0.05, 0) is 39.1 Å². The van der Waals surface area contributed by atoms with Crippen LogP contribution in [0.2, 0.25) is 0 Å². The van der Waals surface area contributed by atoms with Gasteiger partial charge in [-0.1, -0.05) is 0 Å². The molecule has 0 unspecified atom stereocenters. The highest BCUT2D eigenvalue weighted by atomic mass is 19.1. The van der Waals surface area contributed by atoms with Gasteiger partial charge >= 0.3 is 5.97 Å². The summed E-state index contributed by atoms with van der Waals surface area (Å²) in [7, 11) is 1.92. The molecule has 7 nitrogen and oxygen atoms in total. The standard InChI is InChI=1S/C25H26F3N3O4/c1-4-34-20-7-6-15(12-18(20)26)31-14-17(25(33)35-5-2)24(32)16-13-19(27)23(21(28)22(16)31)30-10-8-29(3)9-11-30/h6-7,12-14H,4-5,8-11H2,1-3H3. The summed E-state index contributed by atoms with van der Waals surface area (Å²) in [6.45, 7) is 5.51. The van der Waals surface area contributed by atoms with Crippen molar-refractivity contribution >= 4 is 22.6 Å². The van der Waals surface area contributed by atoms with E-state index in [0.29, 0.717) is 26.2 Å². The molecule has 1 aliphatic rings. The molecule has 1 aliphatic heterocycles. The highest BCUT2D eigenvalue weighted by Crippen LogP contribution is 2.33. The summed E-state index contributed by atoms with van der Waals surface area (Å²) in [4.78, 5) is 29.2. The molecule has 0 radical (unpaired) electrons. The van der Waals surface area contributed by atoms with Gasteiger partial charge in [0.05, 0.1) is 24.1 Å². The maximum Gasteiger partial charge on any atom is 0.343 e. The van der Waals surface area contributed by atoms with E-state index in [9.17, 15) is 14.0 Å². The minimum Gasteiger partial charge on any atom is -0.491 e. The molecular weight excluding hydrogens is 463 g/mol. The van der Waals surface area contributed by atoms with Crippen LogP contribution in [0.3, 0.4) is 0 Å². The van der Waals surface area contributed by atoms with Crippen LogP contribution in [0.15, 0.2) is 35.3 Å². The Morgan fingerprint density at radius 2 is 1.71 bits per heavy atom. The number of nitrogens with zero attached hydrogens (tertiary/aromatic N) is 3. The molecule has 0 spiro atoms. The van der Waals surface area contributed by atoms with Crippen LogP contribution in [-0.2, 0) is 4.74 Å². The number of aromatic nitrogens is 1. The second-order valence-corrected chi connectivity index (χ2v) is 8.22. The van der Waals surface area contributed by atoms with Crippen molar-refractivity contribution < 1.29 is 27.4 Å². The topological polar surface area (TPSA) is 64.0 Å². The van der Waals surface area contributed by atoms with Gasteiger partial charge in [0, 0.05) is 44.1 Å². The van der Waals surface area contributed by atoms with E-state index in [1.165, 1.54) is 16.7 Å². The van der Waals surface area contributed by atoms with Crippen LogP contribution in [0.4, 0.5) is 18.9 Å². The number of halogens is 3. The predicted molar refractivity (Wildman–Crippen MR) is 126 cm³/mol. The van der Waals surface area contributed by atoms with Crippen molar-refractivity contribution in [3.05, 3.63) is 63.7 Å². The fourth-order valence-corrected chi connectivity index (χ4v) is 4.19. The number of rotatable bonds is 6. The fourth-order valence-electron chi connectivity index (χ4n) is 4.19. The Labute approximate surface area is 200 Å². The Kier molecular flexibility index (Phi) is 7.02. The zero-order chi connectivity index (χ0) is 25.3. The number of likely N-dealkylation sites (N-methyl/N-ethyl adjacent to an activating group) is 1. The molecule has 3 aromatic rings. The van der Waals surface area contributed by atoms with Crippen LogP contribution >= 0.6 is 0 Å². The molecule has 2 aromatic carbocycles. The Bertz CT molecular complexity index is 1330. The third-order valence-electron chi connectivity index (χ3n) is 5.96. The molecule has 1 saturated heterocycles. The van der Waals surface area contributed by atoms with E-state index in [0.717, 1.165) is 18.3 Å². The molecule has 1 fully saturated rings. The molecule has 0 bridgehead atoms. The van der Waals surface area contributed by atoms with Gasteiger partial charge < -0.3 is 23.8 Å². The lowest BCUT2D eigenvalue weighted by Gasteiger charge is -2.34. The summed E-state index contributed by atoms with van der Waals surface area (Å²) in [5, 5.41) is -0.349. The Balaban J connectivity index is 2.01. The van der Waals surface area contributed by atoms with Crippen LogP contribution < -0.4 is 15.1 Å². The van der Waals surface area contributed by atoms with Crippen molar-refractivity contribution in [2.75, 3.05) is 51.3 Å². The van der Waals surface area contributed by atoms with Gasteiger partial charge in [0.15, 0.2) is 17.4 Å². The second-order valence-electron chi connectivity index (χ2n) is 8.22. The molecule has 0 saturated carbocycles. The molecule has 186 valence electrons. The minimum absolute atomic E-state index is 0.000934. The van der Waals surface area contributed by atoms with E-state index < -0.39 is 34.4 Å². The number of carbonyl (C=O) groups excluding carboxylic acids is 1. The third-order valence-corrected chi connectivity index (χ3v) is 5.96. The van der Waals surface area contributed by atoms with Crippen LogP contribution in [0.5, 0.6) is 5.75 Å². The van der Waals surface area contributed by atoms with Gasteiger partial charge in [-0.25, -0.2) is 18.0 Å². The monoisotopic (exact) mass is 489 g/mol. The number of piperazine rings is 1. The molecule has 2 heterocycles. The quantitative estimate of drug-likeness (QED) is 0.492. The molecule has 0 aliphatic carbocycles. The lowest BCUT2D eigenvalue weighted by Crippen LogP contribution is -2.45. The number of esters is 1. The van der Waals surface area contributed by atoms with E-state index in [2.05, 4.69) is 0 Å². The zero-order valence-corrected chi connectivity index (χ0v) is 19.7. The summed E-state index contributed by atoms with van der Waals surface area (Å²) in [6, 6.07) is 4.86. The minimum atomic E-state index is -0.966. The third kappa shape index (κ3) is 4.58. The largest absolute Gasteiger partial charge is 0.491 e. The van der Waals surface area contributed by atoms with E-state index in [1.807, 2.05) is 11.9 Å². The van der Waals surface area contributed by atoms with Crippen molar-refractivity contribution in [2.45, 2.75) is 13.8 Å². The van der Waals surface area contributed by atoms with E-state index in [4.69, 9.17) is 9.47 Å². The Morgan fingerprint density at radius 3 is 2.34 bits per heavy atom. The lowest BCUT2D eigenvalue weighted by atomic mass is 10.1. The van der Waals surface area contributed by atoms with E-state index in [-0.39, 0.29) is 41.2 Å². The Hall–Kier alpha value is -3.53. The van der Waals surface area contributed by atoms with E-state index in [1.54, 1.807) is 18.7 Å². The fraction of sp³-hybridized carbons (Fsp3) is 0.360.